The Morgan fingerprint density at radius 2 is 0.956 bits per heavy atom. The number of ether oxygens (including phenoxy) is 2. The van der Waals surface area contributed by atoms with E-state index in [0.717, 1.165) is 64.2 Å². The number of hydrogen-bond donors (Lipinski definition) is 0. The van der Waals surface area contributed by atoms with Crippen molar-refractivity contribution in [1.82, 2.24) is 0 Å². The number of benzene rings is 1. The average Bonchev–Trinajstić information content (AvgIpc) is 3.30. The summed E-state index contributed by atoms with van der Waals surface area (Å²) in [7, 11) is 0. The highest BCUT2D eigenvalue weighted by atomic mass is 19.1. The number of Topliss-reactive ketones (excluding diaryl/α,β-unsaturated/α-hetero) is 4. The van der Waals surface area contributed by atoms with E-state index in [4.69, 9.17) is 4.74 Å². The van der Waals surface area contributed by atoms with Gasteiger partial charge in [0.05, 0.1) is 6.61 Å². The second kappa shape index (κ2) is 73.5. The predicted octanol–water partition coefficient (Wildman–Crippen LogP) is 17.0. The summed E-state index contributed by atoms with van der Waals surface area (Å²) < 4.78 is 21.6. The quantitative estimate of drug-likeness (QED) is 0.0486. The molecule has 68 heavy (non-hydrogen) atoms. The lowest BCUT2D eigenvalue weighted by Crippen LogP contribution is -2.11. The van der Waals surface area contributed by atoms with Crippen molar-refractivity contribution in [3.05, 3.63) is 118 Å². The standard InChI is InChI=1S/C10H18O.C9H15FO2.C9H16O2.C9H10.C7H12O.C5H10O.C4H8O.2C3H6/c1-3-4-5-6-7-8-9-10(2)11;1-3-4-5-6-9(11)12-7-8(2)10;1-3-5-6-7-9(10)11-8-4-2;1-3-9-6-4-5-8(2)7-9;1-3-4-5-6-7(2)8;1-3-5(6)4-2;1-3-4(2)5;2*1-3-2/h3H,1,4-9H2,2H3;3,8H,1,4-7H2,2H3;3H,1,4-8H2,2H3;3-7H,1H2,2H3;3H,1,4-6H2,2H3;3-4H2,1-2H3;3H2,1-2H3;2*3H,1H2,2H3. The topological polar surface area (TPSA) is 121 Å². The fourth-order valence-corrected chi connectivity index (χ4v) is 3.91. The number of unbranched alkanes of at least 4 members (excludes halogenated alkanes) is 7. The van der Waals surface area contributed by atoms with Crippen molar-refractivity contribution in [3.8, 4) is 0 Å². The van der Waals surface area contributed by atoms with E-state index in [2.05, 4.69) is 69.8 Å². The smallest absolute Gasteiger partial charge is 0.305 e. The van der Waals surface area contributed by atoms with E-state index in [1.807, 2.05) is 78.0 Å². The fourth-order valence-electron chi connectivity index (χ4n) is 3.91. The minimum Gasteiger partial charge on any atom is -0.466 e. The van der Waals surface area contributed by atoms with E-state index in [1.54, 1.807) is 39.0 Å². The molecule has 0 saturated carbocycles. The molecule has 0 aliphatic heterocycles. The molecule has 1 rings (SSSR count). The highest BCUT2D eigenvalue weighted by Crippen LogP contribution is 2.06. The zero-order valence-electron chi connectivity index (χ0n) is 45.4. The maximum atomic E-state index is 12.2. The molecule has 0 N–H and O–H groups in total. The Balaban J connectivity index is -0.000000102. The minimum atomic E-state index is -1.08. The van der Waals surface area contributed by atoms with Crippen LogP contribution in [0.4, 0.5) is 4.39 Å². The monoisotopic (exact) mass is 957 g/mol. The zero-order chi connectivity index (χ0) is 54.2. The number of carbonyl (C=O) groups excluding carboxylic acids is 6. The van der Waals surface area contributed by atoms with Gasteiger partial charge in [-0.1, -0.05) is 119 Å². The lowest BCUT2D eigenvalue weighted by atomic mass is 10.1. The third kappa shape index (κ3) is 108. The van der Waals surface area contributed by atoms with Crippen molar-refractivity contribution in [2.75, 3.05) is 13.2 Å². The summed E-state index contributed by atoms with van der Waals surface area (Å²) >= 11 is 0. The summed E-state index contributed by atoms with van der Waals surface area (Å²) in [5, 5.41) is 0. The van der Waals surface area contributed by atoms with Crippen LogP contribution in [0.15, 0.2) is 107 Å². The van der Waals surface area contributed by atoms with Gasteiger partial charge in [-0.15, -0.1) is 39.5 Å². The molecule has 1 aromatic carbocycles. The first-order valence-corrected chi connectivity index (χ1v) is 24.5. The Labute approximate surface area is 417 Å². The molecule has 0 aliphatic rings. The van der Waals surface area contributed by atoms with Crippen molar-refractivity contribution >= 4 is 41.1 Å². The largest absolute Gasteiger partial charge is 0.466 e. The number of halogens is 1. The van der Waals surface area contributed by atoms with Gasteiger partial charge in [0, 0.05) is 44.9 Å². The lowest BCUT2D eigenvalue weighted by molar-refractivity contribution is -0.145. The summed E-state index contributed by atoms with van der Waals surface area (Å²) in [6.45, 7) is 44.8. The van der Waals surface area contributed by atoms with Gasteiger partial charge in [-0.25, -0.2) is 4.39 Å². The van der Waals surface area contributed by atoms with E-state index in [0.29, 0.717) is 56.7 Å². The molecule has 0 saturated heterocycles. The lowest BCUT2D eigenvalue weighted by Gasteiger charge is -2.03. The molecule has 392 valence electrons. The molecule has 0 spiro atoms. The first-order valence-electron chi connectivity index (χ1n) is 24.5. The summed E-state index contributed by atoms with van der Waals surface area (Å²) in [5.74, 6) is 0.760. The Hall–Kier alpha value is -5.05. The van der Waals surface area contributed by atoms with Crippen molar-refractivity contribution in [3.63, 3.8) is 0 Å². The van der Waals surface area contributed by atoms with Gasteiger partial charge in [0.1, 0.15) is 35.9 Å². The summed E-state index contributed by atoms with van der Waals surface area (Å²) in [6.07, 6.45) is 27.9. The molecule has 1 aromatic rings. The number of ketones is 4. The van der Waals surface area contributed by atoms with Crippen LogP contribution in [0, 0.1) is 6.92 Å². The Kier molecular flexibility index (Phi) is 86.5. The molecule has 0 radical (unpaired) electrons. The second-order valence-electron chi connectivity index (χ2n) is 15.1. The number of alkyl halides is 1. The van der Waals surface area contributed by atoms with Crippen molar-refractivity contribution < 1.29 is 42.6 Å². The minimum absolute atomic E-state index is 0.0892. The predicted molar refractivity (Wildman–Crippen MR) is 294 cm³/mol. The molecule has 0 amide bonds. The van der Waals surface area contributed by atoms with E-state index in [-0.39, 0.29) is 30.1 Å². The number of allylic oxidation sites excluding steroid dienone is 6. The third-order valence-corrected chi connectivity index (χ3v) is 7.71. The average molecular weight is 957 g/mol. The molecule has 0 aliphatic carbocycles. The van der Waals surface area contributed by atoms with Crippen LogP contribution >= 0.6 is 0 Å². The number of esters is 2. The Bertz CT molecular complexity index is 1380. The highest BCUT2D eigenvalue weighted by Gasteiger charge is 2.04. The molecule has 1 unspecified atom stereocenters. The molecular formula is C59H101FO8. The van der Waals surface area contributed by atoms with Gasteiger partial charge in [0.25, 0.3) is 0 Å². The van der Waals surface area contributed by atoms with Crippen LogP contribution in [-0.4, -0.2) is 54.5 Å². The third-order valence-electron chi connectivity index (χ3n) is 7.71. The second-order valence-corrected chi connectivity index (χ2v) is 15.1. The Morgan fingerprint density at radius 1 is 0.574 bits per heavy atom. The molecule has 0 fully saturated rings. The van der Waals surface area contributed by atoms with Crippen LogP contribution in [-0.2, 0) is 38.2 Å². The normalized spacial score (nSPS) is 9.06. The summed E-state index contributed by atoms with van der Waals surface area (Å²) in [5.41, 5.74) is 2.47. The van der Waals surface area contributed by atoms with E-state index in [1.165, 1.54) is 37.3 Å². The zero-order valence-corrected chi connectivity index (χ0v) is 45.4. The van der Waals surface area contributed by atoms with Gasteiger partial charge in [-0.2, -0.15) is 0 Å². The maximum Gasteiger partial charge on any atom is 0.305 e. The molecule has 9 heteroatoms. The molecule has 0 bridgehead atoms. The van der Waals surface area contributed by atoms with Crippen LogP contribution < -0.4 is 0 Å². The highest BCUT2D eigenvalue weighted by molar-refractivity contribution is 5.77. The first-order chi connectivity index (χ1) is 32.2. The molecule has 8 nitrogen and oxygen atoms in total. The molecule has 0 heterocycles. The van der Waals surface area contributed by atoms with Crippen molar-refractivity contribution in [2.45, 2.75) is 204 Å². The van der Waals surface area contributed by atoms with Crippen LogP contribution in [0.2, 0.25) is 0 Å². The molecule has 0 aromatic heterocycles. The summed E-state index contributed by atoms with van der Waals surface area (Å²) in [6, 6.07) is 8.26. The van der Waals surface area contributed by atoms with E-state index in [9.17, 15) is 33.2 Å². The van der Waals surface area contributed by atoms with Gasteiger partial charge < -0.3 is 23.9 Å². The summed E-state index contributed by atoms with van der Waals surface area (Å²) in [4.78, 5) is 62.4. The maximum absolute atomic E-state index is 12.2. The van der Waals surface area contributed by atoms with Gasteiger partial charge >= 0.3 is 11.9 Å². The van der Waals surface area contributed by atoms with Gasteiger partial charge in [0.2, 0.25) is 0 Å². The van der Waals surface area contributed by atoms with Crippen LogP contribution in [0.25, 0.3) is 6.08 Å². The van der Waals surface area contributed by atoms with Gasteiger partial charge in [0.15, 0.2) is 0 Å². The van der Waals surface area contributed by atoms with Crippen LogP contribution in [0.5, 0.6) is 0 Å². The number of carbonyl (C=O) groups is 6. The first kappa shape index (κ1) is 80.0. The van der Waals surface area contributed by atoms with E-state index >= 15 is 0 Å². The SMILES string of the molecule is C=CC.C=CC.C=CCCCC(=O)OCC(C)F.C=CCCCC(=O)OCCC.C=CCCCC(C)=O.C=CCCCCCCC(C)=O.C=Cc1cccc(C)c1.CCC(=O)CC.CCC(C)=O. The van der Waals surface area contributed by atoms with Crippen molar-refractivity contribution in [2.24, 2.45) is 0 Å². The van der Waals surface area contributed by atoms with E-state index < -0.39 is 6.17 Å². The van der Waals surface area contributed by atoms with Crippen LogP contribution in [0.1, 0.15) is 202 Å². The Morgan fingerprint density at radius 3 is 1.26 bits per heavy atom. The number of hydrogen-bond acceptors (Lipinski definition) is 8. The van der Waals surface area contributed by atoms with Gasteiger partial charge in [-0.05, 0) is 118 Å². The van der Waals surface area contributed by atoms with Crippen LogP contribution in [0.3, 0.4) is 0 Å². The number of rotatable bonds is 27. The fraction of sp³-hybridized carbons (Fsp3) is 0.559. The number of aryl methyl sites for hydroxylation is 1. The van der Waals surface area contributed by atoms with Crippen molar-refractivity contribution in [1.29, 1.82) is 0 Å². The molecule has 1 atom stereocenters. The van der Waals surface area contributed by atoms with Gasteiger partial charge in [-0.3, -0.25) is 14.4 Å². The molecular weight excluding hydrogens is 856 g/mol.